The largest absolute Gasteiger partial charge is 0.376 e. The van der Waals surface area contributed by atoms with Crippen LogP contribution in [0, 0.1) is 0 Å². The average Bonchev–Trinajstić information content (AvgIpc) is 2.72. The molecule has 4 N–H and O–H groups in total. The quantitative estimate of drug-likeness (QED) is 0.560. The predicted molar refractivity (Wildman–Crippen MR) is 67.8 cm³/mol. The number of aliphatic hydroxyl groups excluding tert-OH is 2. The Bertz CT molecular complexity index is 641. The Morgan fingerprint density at radius 2 is 1.95 bits per heavy atom. The lowest BCUT2D eigenvalue weighted by Gasteiger charge is -2.22. The molecular weight excluding hydrogens is 250 g/mol. The van der Waals surface area contributed by atoms with Crippen LogP contribution in [-0.4, -0.2) is 43.6 Å². The summed E-state index contributed by atoms with van der Waals surface area (Å²) < 4.78 is 0. The molecule has 0 unspecified atom stereocenters. The molecule has 2 aromatic heterocycles. The van der Waals surface area contributed by atoms with Gasteiger partial charge in [0, 0.05) is 5.92 Å². The number of rotatable bonds is 4. The second-order valence-corrected chi connectivity index (χ2v) is 4.66. The van der Waals surface area contributed by atoms with Gasteiger partial charge >= 0.3 is 0 Å². The summed E-state index contributed by atoms with van der Waals surface area (Å²) in [5.74, 6) is 1.27. The van der Waals surface area contributed by atoms with E-state index in [2.05, 4.69) is 19.9 Å². The molecule has 1 aliphatic rings. The highest BCUT2D eigenvalue weighted by molar-refractivity contribution is 5.70. The van der Waals surface area contributed by atoms with Gasteiger partial charge in [0.1, 0.15) is 19.3 Å². The van der Waals surface area contributed by atoms with Gasteiger partial charge < -0.3 is 15.2 Å². The molecule has 0 bridgehead atoms. The van der Waals surface area contributed by atoms with Crippen LogP contribution >= 0.6 is 0 Å². The molecule has 0 spiro atoms. The number of nitrogens with zero attached hydrogens (tertiary/aromatic N) is 3. The molecule has 0 aliphatic heterocycles. The van der Waals surface area contributed by atoms with Crippen molar-refractivity contribution in [2.24, 2.45) is 0 Å². The van der Waals surface area contributed by atoms with Gasteiger partial charge in [0.2, 0.25) is 5.95 Å². The van der Waals surface area contributed by atoms with E-state index in [0.29, 0.717) is 17.1 Å². The van der Waals surface area contributed by atoms with Crippen LogP contribution in [0.2, 0.25) is 0 Å². The second kappa shape index (κ2) is 4.63. The van der Waals surface area contributed by atoms with E-state index >= 15 is 0 Å². The standard InChI is InChI=1S/C11H15N5O3/c17-4-16(5-18)11-14-9-7(10(19)15-11)12-8(13-9)6-2-1-3-6/h6,17-18H,1-5H2,(H2,12,13,14,15,19). The lowest BCUT2D eigenvalue weighted by molar-refractivity contribution is 0.220. The lowest BCUT2D eigenvalue weighted by atomic mass is 9.85. The van der Waals surface area contributed by atoms with Gasteiger partial charge in [-0.3, -0.25) is 14.7 Å². The number of imidazole rings is 1. The van der Waals surface area contributed by atoms with Crippen molar-refractivity contribution in [2.75, 3.05) is 18.4 Å². The maximum atomic E-state index is 11.9. The van der Waals surface area contributed by atoms with Crippen LogP contribution < -0.4 is 10.5 Å². The molecule has 0 amide bonds. The zero-order valence-corrected chi connectivity index (χ0v) is 10.3. The van der Waals surface area contributed by atoms with Gasteiger partial charge in [-0.15, -0.1) is 0 Å². The van der Waals surface area contributed by atoms with Gasteiger partial charge in [-0.1, -0.05) is 6.42 Å². The fourth-order valence-electron chi connectivity index (χ4n) is 2.12. The Hall–Kier alpha value is -1.93. The summed E-state index contributed by atoms with van der Waals surface area (Å²) in [5, 5.41) is 18.1. The summed E-state index contributed by atoms with van der Waals surface area (Å²) in [6, 6.07) is 0. The zero-order chi connectivity index (χ0) is 13.4. The molecule has 102 valence electrons. The Balaban J connectivity index is 2.06. The van der Waals surface area contributed by atoms with Crippen LogP contribution in [0.3, 0.4) is 0 Å². The smallest absolute Gasteiger partial charge is 0.278 e. The van der Waals surface area contributed by atoms with Crippen molar-refractivity contribution in [3.63, 3.8) is 0 Å². The molecule has 3 rings (SSSR count). The lowest BCUT2D eigenvalue weighted by Crippen LogP contribution is -2.29. The molecule has 8 heteroatoms. The summed E-state index contributed by atoms with van der Waals surface area (Å²) in [6.45, 7) is -0.879. The third-order valence-corrected chi connectivity index (χ3v) is 3.50. The number of fused-ring (bicyclic) bond motifs is 1. The molecular formula is C11H15N5O3. The average molecular weight is 265 g/mol. The van der Waals surface area contributed by atoms with Crippen molar-refractivity contribution in [3.8, 4) is 0 Å². The van der Waals surface area contributed by atoms with Crippen LogP contribution in [0.25, 0.3) is 11.2 Å². The van der Waals surface area contributed by atoms with Gasteiger partial charge in [0.25, 0.3) is 5.56 Å². The summed E-state index contributed by atoms with van der Waals surface area (Å²) in [4.78, 5) is 27.0. The van der Waals surface area contributed by atoms with E-state index < -0.39 is 13.5 Å². The highest BCUT2D eigenvalue weighted by atomic mass is 16.3. The SMILES string of the molecule is O=c1[nH]c(N(CO)CO)nc2nc(C3CCC3)[nH]c12. The van der Waals surface area contributed by atoms with E-state index in [1.807, 2.05) is 0 Å². The van der Waals surface area contributed by atoms with E-state index in [9.17, 15) is 4.79 Å². The van der Waals surface area contributed by atoms with Crippen LogP contribution in [-0.2, 0) is 0 Å². The molecule has 0 saturated heterocycles. The highest BCUT2D eigenvalue weighted by Gasteiger charge is 2.24. The van der Waals surface area contributed by atoms with E-state index in [1.54, 1.807) is 0 Å². The summed E-state index contributed by atoms with van der Waals surface area (Å²) in [7, 11) is 0. The minimum absolute atomic E-state index is 0.106. The van der Waals surface area contributed by atoms with Crippen LogP contribution in [0.15, 0.2) is 4.79 Å². The van der Waals surface area contributed by atoms with Gasteiger partial charge in [0.05, 0.1) is 0 Å². The normalized spacial score (nSPS) is 15.7. The number of aliphatic hydroxyl groups is 2. The summed E-state index contributed by atoms with van der Waals surface area (Å²) in [5.41, 5.74) is 0.291. The number of aromatic amines is 2. The van der Waals surface area contributed by atoms with E-state index in [4.69, 9.17) is 10.2 Å². The molecule has 8 nitrogen and oxygen atoms in total. The molecule has 0 radical (unpaired) electrons. The Labute approximate surface area is 108 Å². The van der Waals surface area contributed by atoms with Crippen molar-refractivity contribution >= 4 is 17.1 Å². The minimum atomic E-state index is -0.440. The van der Waals surface area contributed by atoms with E-state index in [1.165, 1.54) is 6.42 Å². The van der Waals surface area contributed by atoms with Crippen molar-refractivity contribution in [2.45, 2.75) is 25.2 Å². The van der Waals surface area contributed by atoms with Crippen molar-refractivity contribution in [1.29, 1.82) is 0 Å². The van der Waals surface area contributed by atoms with Crippen molar-refractivity contribution in [3.05, 3.63) is 16.2 Å². The fraction of sp³-hybridized carbons (Fsp3) is 0.545. The zero-order valence-electron chi connectivity index (χ0n) is 10.3. The highest BCUT2D eigenvalue weighted by Crippen LogP contribution is 2.34. The minimum Gasteiger partial charge on any atom is -0.376 e. The molecule has 1 fully saturated rings. The number of nitrogens with one attached hydrogen (secondary N) is 2. The summed E-state index contributed by atoms with van der Waals surface area (Å²) >= 11 is 0. The topological polar surface area (TPSA) is 118 Å². The first-order chi connectivity index (χ1) is 9.22. The van der Waals surface area contributed by atoms with Gasteiger partial charge in [-0.05, 0) is 12.8 Å². The van der Waals surface area contributed by atoms with Crippen molar-refractivity contribution < 1.29 is 10.2 Å². The van der Waals surface area contributed by atoms with Gasteiger partial charge in [0.15, 0.2) is 11.2 Å². The predicted octanol–water partition coefficient (Wildman–Crippen LogP) is -0.380. The van der Waals surface area contributed by atoms with Crippen LogP contribution in [0.5, 0.6) is 0 Å². The Kier molecular flexibility index (Phi) is 2.96. The Morgan fingerprint density at radius 3 is 2.53 bits per heavy atom. The molecule has 19 heavy (non-hydrogen) atoms. The second-order valence-electron chi connectivity index (χ2n) is 4.66. The first kappa shape index (κ1) is 12.1. The summed E-state index contributed by atoms with van der Waals surface area (Å²) in [6.07, 6.45) is 3.33. The number of aromatic nitrogens is 4. The van der Waals surface area contributed by atoms with Crippen molar-refractivity contribution in [1.82, 2.24) is 19.9 Å². The Morgan fingerprint density at radius 1 is 1.21 bits per heavy atom. The van der Waals surface area contributed by atoms with Gasteiger partial charge in [-0.2, -0.15) is 4.98 Å². The monoisotopic (exact) mass is 265 g/mol. The van der Waals surface area contributed by atoms with Crippen LogP contribution in [0.4, 0.5) is 5.95 Å². The number of anilines is 1. The molecule has 0 aromatic carbocycles. The van der Waals surface area contributed by atoms with E-state index in [-0.39, 0.29) is 11.5 Å². The fourth-order valence-corrected chi connectivity index (χ4v) is 2.12. The number of hydrogen-bond acceptors (Lipinski definition) is 6. The van der Waals surface area contributed by atoms with E-state index in [0.717, 1.165) is 23.6 Å². The molecule has 2 heterocycles. The molecule has 2 aromatic rings. The van der Waals surface area contributed by atoms with Crippen LogP contribution in [0.1, 0.15) is 31.0 Å². The maximum Gasteiger partial charge on any atom is 0.278 e. The molecule has 1 saturated carbocycles. The molecule has 0 atom stereocenters. The third-order valence-electron chi connectivity index (χ3n) is 3.50. The first-order valence-corrected chi connectivity index (χ1v) is 6.19. The third kappa shape index (κ3) is 1.98. The number of H-pyrrole nitrogens is 2. The number of hydrogen-bond donors (Lipinski definition) is 4. The van der Waals surface area contributed by atoms with Gasteiger partial charge in [-0.25, -0.2) is 4.98 Å². The maximum absolute atomic E-state index is 11.9. The molecule has 1 aliphatic carbocycles. The first-order valence-electron chi connectivity index (χ1n) is 6.19.